The normalized spacial score (nSPS) is 11.7. The average Bonchev–Trinajstić information content (AvgIpc) is 2.78. The first-order valence-electron chi connectivity index (χ1n) is 5.78. The van der Waals surface area contributed by atoms with E-state index in [1.54, 1.807) is 5.38 Å². The summed E-state index contributed by atoms with van der Waals surface area (Å²) in [5.41, 5.74) is 5.85. The predicted octanol–water partition coefficient (Wildman–Crippen LogP) is 0.957. The van der Waals surface area contributed by atoms with Crippen LogP contribution >= 0.6 is 23.7 Å². The summed E-state index contributed by atoms with van der Waals surface area (Å²) in [6, 6.07) is 0. The summed E-state index contributed by atoms with van der Waals surface area (Å²) in [7, 11) is 0. The lowest BCUT2D eigenvalue weighted by molar-refractivity contribution is 0.0937. The molecule has 0 bridgehead atoms. The molecule has 4 N–H and O–H groups in total. The van der Waals surface area contributed by atoms with Crippen LogP contribution in [0.1, 0.15) is 35.3 Å². The molecule has 0 aliphatic rings. The van der Waals surface area contributed by atoms with Crippen LogP contribution in [0.15, 0.2) is 5.38 Å². The lowest BCUT2D eigenvalue weighted by atomic mass is 10.2. The number of aliphatic hydroxyl groups excluding tert-OH is 1. The first-order chi connectivity index (χ1) is 8.17. The molecule has 5 nitrogen and oxygen atoms in total. The molecule has 1 aromatic rings. The smallest absolute Gasteiger partial charge is 0.270 e. The Labute approximate surface area is 117 Å². The summed E-state index contributed by atoms with van der Waals surface area (Å²) in [6.45, 7) is 2.92. The lowest BCUT2D eigenvalue weighted by Crippen LogP contribution is -2.27. The Hall–Kier alpha value is -0.690. The highest BCUT2D eigenvalue weighted by Crippen LogP contribution is 2.09. The van der Waals surface area contributed by atoms with Crippen LogP contribution in [0.2, 0.25) is 0 Å². The van der Waals surface area contributed by atoms with Crippen molar-refractivity contribution in [3.05, 3.63) is 16.1 Å². The minimum absolute atomic E-state index is 0. The molecule has 1 aromatic heterocycles. The van der Waals surface area contributed by atoms with E-state index in [2.05, 4.69) is 10.3 Å². The molecule has 0 aromatic carbocycles. The van der Waals surface area contributed by atoms with Gasteiger partial charge in [0.05, 0.1) is 11.1 Å². The van der Waals surface area contributed by atoms with Gasteiger partial charge in [-0.15, -0.1) is 23.7 Å². The third kappa shape index (κ3) is 5.77. The summed E-state index contributed by atoms with van der Waals surface area (Å²) < 4.78 is 0. The van der Waals surface area contributed by atoms with Gasteiger partial charge in [0, 0.05) is 18.3 Å². The first-order valence-corrected chi connectivity index (χ1v) is 6.66. The molecule has 104 valence electrons. The highest BCUT2D eigenvalue weighted by Gasteiger charge is 2.10. The first kappa shape index (κ1) is 17.3. The Bertz CT molecular complexity index is 360. The molecule has 0 aliphatic heterocycles. The Balaban J connectivity index is 0.00000289. The number of halogens is 1. The van der Waals surface area contributed by atoms with Gasteiger partial charge in [-0.1, -0.05) is 6.92 Å². The molecule has 7 heteroatoms. The van der Waals surface area contributed by atoms with E-state index in [0.717, 1.165) is 5.01 Å². The zero-order valence-corrected chi connectivity index (χ0v) is 12.0. The number of nitrogens with zero attached hydrogens (tertiary/aromatic N) is 1. The standard InChI is InChI=1S/C11H19N3O2S.ClH/c1-2-8(15)4-6-13-11(16)9-7-17-10(14-9)3-5-12;/h7-8,15H,2-6,12H2,1H3,(H,13,16);1H. The van der Waals surface area contributed by atoms with Crippen LogP contribution in [-0.4, -0.2) is 35.2 Å². The number of carbonyl (C=O) groups excluding carboxylic acids is 1. The molecule has 0 saturated carbocycles. The van der Waals surface area contributed by atoms with Crippen molar-refractivity contribution in [2.45, 2.75) is 32.3 Å². The summed E-state index contributed by atoms with van der Waals surface area (Å²) in [5, 5.41) is 14.7. The lowest BCUT2D eigenvalue weighted by Gasteiger charge is -2.07. The van der Waals surface area contributed by atoms with E-state index < -0.39 is 0 Å². The number of amides is 1. The van der Waals surface area contributed by atoms with E-state index in [1.807, 2.05) is 6.92 Å². The van der Waals surface area contributed by atoms with Crippen LogP contribution in [0, 0.1) is 0 Å². The van der Waals surface area contributed by atoms with Gasteiger partial charge in [0.2, 0.25) is 0 Å². The van der Waals surface area contributed by atoms with Crippen molar-refractivity contribution in [3.63, 3.8) is 0 Å². The molecule has 1 amide bonds. The molecular formula is C11H20ClN3O2S. The molecule has 18 heavy (non-hydrogen) atoms. The molecule has 0 aliphatic carbocycles. The van der Waals surface area contributed by atoms with Gasteiger partial charge in [-0.2, -0.15) is 0 Å². The number of aromatic nitrogens is 1. The predicted molar refractivity (Wildman–Crippen MR) is 75.4 cm³/mol. The summed E-state index contributed by atoms with van der Waals surface area (Å²) in [5.74, 6) is -0.187. The number of carbonyl (C=O) groups is 1. The van der Waals surface area contributed by atoms with Crippen LogP contribution < -0.4 is 11.1 Å². The van der Waals surface area contributed by atoms with E-state index >= 15 is 0 Å². The fourth-order valence-electron chi connectivity index (χ4n) is 1.30. The number of rotatable bonds is 7. The topological polar surface area (TPSA) is 88.2 Å². The monoisotopic (exact) mass is 293 g/mol. The Morgan fingerprint density at radius 3 is 3.00 bits per heavy atom. The van der Waals surface area contributed by atoms with E-state index in [0.29, 0.717) is 38.0 Å². The Morgan fingerprint density at radius 1 is 1.67 bits per heavy atom. The number of hydrogen-bond acceptors (Lipinski definition) is 5. The summed E-state index contributed by atoms with van der Waals surface area (Å²) in [6.07, 6.45) is 1.63. The van der Waals surface area contributed by atoms with E-state index in [4.69, 9.17) is 5.73 Å². The van der Waals surface area contributed by atoms with Gasteiger partial charge in [-0.05, 0) is 19.4 Å². The number of aliphatic hydroxyl groups is 1. The third-order valence-corrected chi connectivity index (χ3v) is 3.29. The zero-order chi connectivity index (χ0) is 12.7. The summed E-state index contributed by atoms with van der Waals surface area (Å²) in [4.78, 5) is 15.8. The fourth-order valence-corrected chi connectivity index (χ4v) is 2.09. The Kier molecular flexibility index (Phi) is 8.91. The van der Waals surface area contributed by atoms with Crippen molar-refractivity contribution < 1.29 is 9.90 Å². The number of hydrogen-bond donors (Lipinski definition) is 3. The second-order valence-corrected chi connectivity index (χ2v) is 4.71. The number of nitrogens with two attached hydrogens (primary N) is 1. The van der Waals surface area contributed by atoms with Crippen LogP contribution in [0.5, 0.6) is 0 Å². The van der Waals surface area contributed by atoms with E-state index in [1.165, 1.54) is 11.3 Å². The molecule has 0 spiro atoms. The van der Waals surface area contributed by atoms with Gasteiger partial charge in [0.15, 0.2) is 0 Å². The maximum atomic E-state index is 11.7. The molecule has 1 rings (SSSR count). The van der Waals surface area contributed by atoms with Gasteiger partial charge in [0.25, 0.3) is 5.91 Å². The summed E-state index contributed by atoms with van der Waals surface area (Å²) >= 11 is 1.45. The average molecular weight is 294 g/mol. The van der Waals surface area contributed by atoms with Crippen molar-refractivity contribution in [2.75, 3.05) is 13.1 Å². The highest BCUT2D eigenvalue weighted by atomic mass is 35.5. The van der Waals surface area contributed by atoms with Crippen molar-refractivity contribution >= 4 is 29.7 Å². The van der Waals surface area contributed by atoms with Gasteiger partial charge in [0.1, 0.15) is 5.69 Å². The van der Waals surface area contributed by atoms with E-state index in [-0.39, 0.29) is 24.4 Å². The van der Waals surface area contributed by atoms with Gasteiger partial charge < -0.3 is 16.2 Å². The fraction of sp³-hybridized carbons (Fsp3) is 0.636. The largest absolute Gasteiger partial charge is 0.393 e. The number of thiazole rings is 1. The van der Waals surface area contributed by atoms with Crippen molar-refractivity contribution in [3.8, 4) is 0 Å². The van der Waals surface area contributed by atoms with Crippen molar-refractivity contribution in [1.29, 1.82) is 0 Å². The van der Waals surface area contributed by atoms with Gasteiger partial charge in [-0.3, -0.25) is 4.79 Å². The second-order valence-electron chi connectivity index (χ2n) is 3.77. The SMILES string of the molecule is CCC(O)CCNC(=O)c1csc(CCN)n1.Cl. The molecule has 1 unspecified atom stereocenters. The molecule has 0 fully saturated rings. The van der Waals surface area contributed by atoms with Crippen molar-refractivity contribution in [1.82, 2.24) is 10.3 Å². The molecular weight excluding hydrogens is 274 g/mol. The molecule has 0 radical (unpaired) electrons. The second kappa shape index (κ2) is 9.27. The van der Waals surface area contributed by atoms with Gasteiger partial charge >= 0.3 is 0 Å². The van der Waals surface area contributed by atoms with Crippen LogP contribution in [0.4, 0.5) is 0 Å². The quantitative estimate of drug-likeness (QED) is 0.698. The van der Waals surface area contributed by atoms with Gasteiger partial charge in [-0.25, -0.2) is 4.98 Å². The molecule has 1 atom stereocenters. The third-order valence-electron chi connectivity index (χ3n) is 2.38. The maximum Gasteiger partial charge on any atom is 0.270 e. The van der Waals surface area contributed by atoms with Crippen LogP contribution in [0.25, 0.3) is 0 Å². The maximum absolute atomic E-state index is 11.7. The van der Waals surface area contributed by atoms with Crippen molar-refractivity contribution in [2.24, 2.45) is 5.73 Å². The number of nitrogens with one attached hydrogen (secondary N) is 1. The zero-order valence-electron chi connectivity index (χ0n) is 10.4. The van der Waals surface area contributed by atoms with Crippen LogP contribution in [-0.2, 0) is 6.42 Å². The minimum Gasteiger partial charge on any atom is -0.393 e. The highest BCUT2D eigenvalue weighted by molar-refractivity contribution is 7.09. The molecule has 1 heterocycles. The Morgan fingerprint density at radius 2 is 2.39 bits per heavy atom. The van der Waals surface area contributed by atoms with Crippen LogP contribution in [0.3, 0.4) is 0 Å². The van der Waals surface area contributed by atoms with E-state index in [9.17, 15) is 9.90 Å². The minimum atomic E-state index is -0.349. The molecule has 0 saturated heterocycles.